The third kappa shape index (κ3) is 2.68. The Morgan fingerprint density at radius 2 is 2.33 bits per heavy atom. The third-order valence-electron chi connectivity index (χ3n) is 1.78. The second-order valence-corrected chi connectivity index (χ2v) is 2.82. The number of carbonyl (C=O) groups excluding carboxylic acids is 1. The first-order chi connectivity index (χ1) is 7.19. The van der Waals surface area contributed by atoms with Gasteiger partial charge in [0.05, 0.1) is 13.0 Å². The van der Waals surface area contributed by atoms with E-state index in [1.807, 2.05) is 0 Å². The predicted molar refractivity (Wildman–Crippen MR) is 52.1 cm³/mol. The second-order valence-electron chi connectivity index (χ2n) is 2.82. The molecule has 0 aromatic carbocycles. The Morgan fingerprint density at radius 1 is 1.60 bits per heavy atom. The minimum Gasteiger partial charge on any atom is -0.466 e. The minimum absolute atomic E-state index is 0.00296. The van der Waals surface area contributed by atoms with Crippen LogP contribution in [0.15, 0.2) is 17.2 Å². The zero-order valence-corrected chi connectivity index (χ0v) is 8.24. The van der Waals surface area contributed by atoms with Crippen molar-refractivity contribution in [2.45, 2.75) is 13.3 Å². The van der Waals surface area contributed by atoms with Crippen LogP contribution in [0, 0.1) is 11.3 Å². The molecule has 0 fully saturated rings. The van der Waals surface area contributed by atoms with Gasteiger partial charge in [0.25, 0.3) is 0 Å². The smallest absolute Gasteiger partial charge is 0.310 e. The van der Waals surface area contributed by atoms with Gasteiger partial charge in [0.2, 0.25) is 5.43 Å². The predicted octanol–water partition coefficient (Wildman–Crippen LogP) is 0.352. The van der Waals surface area contributed by atoms with Crippen molar-refractivity contribution in [3.05, 3.63) is 33.7 Å². The van der Waals surface area contributed by atoms with Gasteiger partial charge >= 0.3 is 5.97 Å². The van der Waals surface area contributed by atoms with Crippen molar-refractivity contribution in [2.24, 2.45) is 0 Å². The Hall–Kier alpha value is -2.09. The number of H-pyrrole nitrogens is 1. The number of nitriles is 1. The van der Waals surface area contributed by atoms with E-state index in [1.54, 1.807) is 13.0 Å². The summed E-state index contributed by atoms with van der Waals surface area (Å²) in [5.74, 6) is -0.474. The number of ether oxygens (including phenoxy) is 1. The molecule has 0 amide bonds. The summed E-state index contributed by atoms with van der Waals surface area (Å²) >= 11 is 0. The van der Waals surface area contributed by atoms with Crippen LogP contribution in [0.3, 0.4) is 0 Å². The van der Waals surface area contributed by atoms with Gasteiger partial charge in [-0.1, -0.05) is 0 Å². The Bertz CT molecular complexity index is 456. The standard InChI is InChI=1S/C10H10N2O3/c1-2-15-9(13)3-7-5-12-6-8(4-11)10(7)14/h5-6H,2-3H2,1H3,(H,12,14). The van der Waals surface area contributed by atoms with Crippen molar-refractivity contribution in [2.75, 3.05) is 6.61 Å². The average molecular weight is 206 g/mol. The topological polar surface area (TPSA) is 82.9 Å². The molecule has 0 saturated carbocycles. The molecule has 1 aromatic heterocycles. The molecule has 0 unspecified atom stereocenters. The lowest BCUT2D eigenvalue weighted by atomic mass is 10.1. The van der Waals surface area contributed by atoms with Crippen LogP contribution in [0.2, 0.25) is 0 Å². The maximum Gasteiger partial charge on any atom is 0.310 e. The largest absolute Gasteiger partial charge is 0.466 e. The van der Waals surface area contributed by atoms with Crippen LogP contribution in [-0.2, 0) is 16.0 Å². The summed E-state index contributed by atoms with van der Waals surface area (Å²) in [4.78, 5) is 25.2. The highest BCUT2D eigenvalue weighted by atomic mass is 16.5. The normalized spacial score (nSPS) is 9.33. The molecule has 1 aromatic rings. The molecule has 1 N–H and O–H groups in total. The van der Waals surface area contributed by atoms with E-state index in [0.29, 0.717) is 0 Å². The molecule has 0 atom stereocenters. The number of hydrogen-bond acceptors (Lipinski definition) is 4. The maximum atomic E-state index is 11.5. The molecule has 0 saturated heterocycles. The van der Waals surface area contributed by atoms with Crippen LogP contribution < -0.4 is 5.43 Å². The van der Waals surface area contributed by atoms with Crippen molar-refractivity contribution >= 4 is 5.97 Å². The zero-order valence-electron chi connectivity index (χ0n) is 8.24. The van der Waals surface area contributed by atoms with Crippen molar-refractivity contribution in [3.8, 4) is 6.07 Å². The van der Waals surface area contributed by atoms with Gasteiger partial charge in [0.1, 0.15) is 11.6 Å². The van der Waals surface area contributed by atoms with Crippen LogP contribution in [0.25, 0.3) is 0 Å². The molecular formula is C10H10N2O3. The number of esters is 1. The molecular weight excluding hydrogens is 196 g/mol. The Labute approximate surface area is 86.3 Å². The highest BCUT2D eigenvalue weighted by Gasteiger charge is 2.09. The first-order valence-electron chi connectivity index (χ1n) is 4.44. The van der Waals surface area contributed by atoms with E-state index in [-0.39, 0.29) is 24.2 Å². The van der Waals surface area contributed by atoms with Gasteiger partial charge in [-0.15, -0.1) is 0 Å². The molecule has 0 aliphatic heterocycles. The zero-order chi connectivity index (χ0) is 11.3. The number of nitrogens with zero attached hydrogens (tertiary/aromatic N) is 1. The van der Waals surface area contributed by atoms with Crippen molar-refractivity contribution in [1.82, 2.24) is 4.98 Å². The average Bonchev–Trinajstić information content (AvgIpc) is 2.21. The van der Waals surface area contributed by atoms with E-state index < -0.39 is 11.4 Å². The molecule has 78 valence electrons. The molecule has 1 heterocycles. The van der Waals surface area contributed by atoms with Crippen molar-refractivity contribution in [3.63, 3.8) is 0 Å². The van der Waals surface area contributed by atoms with Crippen molar-refractivity contribution < 1.29 is 9.53 Å². The Kier molecular flexibility index (Phi) is 3.63. The first kappa shape index (κ1) is 11.0. The lowest BCUT2D eigenvalue weighted by molar-refractivity contribution is -0.142. The van der Waals surface area contributed by atoms with E-state index in [1.165, 1.54) is 12.4 Å². The van der Waals surface area contributed by atoms with Crippen LogP contribution in [0.5, 0.6) is 0 Å². The number of hydrogen-bond donors (Lipinski definition) is 1. The first-order valence-corrected chi connectivity index (χ1v) is 4.44. The number of aromatic nitrogens is 1. The van der Waals surface area contributed by atoms with Crippen molar-refractivity contribution in [1.29, 1.82) is 5.26 Å². The number of pyridine rings is 1. The molecule has 0 spiro atoms. The van der Waals surface area contributed by atoms with E-state index in [2.05, 4.69) is 4.98 Å². The van der Waals surface area contributed by atoms with E-state index >= 15 is 0 Å². The number of nitrogens with one attached hydrogen (secondary N) is 1. The summed E-state index contributed by atoms with van der Waals surface area (Å²) in [5.41, 5.74) is -0.186. The van der Waals surface area contributed by atoms with E-state index in [9.17, 15) is 9.59 Å². The van der Waals surface area contributed by atoms with Crippen LogP contribution in [0.4, 0.5) is 0 Å². The molecule has 15 heavy (non-hydrogen) atoms. The van der Waals surface area contributed by atoms with Crippen LogP contribution in [-0.4, -0.2) is 17.6 Å². The van der Waals surface area contributed by atoms with Gasteiger partial charge < -0.3 is 9.72 Å². The SMILES string of the molecule is CCOC(=O)Cc1c[nH]cc(C#N)c1=O. The van der Waals surface area contributed by atoms with Gasteiger partial charge in [-0.25, -0.2) is 0 Å². The highest BCUT2D eigenvalue weighted by Crippen LogP contribution is 1.96. The number of rotatable bonds is 3. The lowest BCUT2D eigenvalue weighted by Crippen LogP contribution is -2.18. The van der Waals surface area contributed by atoms with Gasteiger partial charge in [-0.2, -0.15) is 5.26 Å². The quantitative estimate of drug-likeness (QED) is 0.723. The molecule has 0 aliphatic carbocycles. The second kappa shape index (κ2) is 4.96. The minimum atomic E-state index is -0.474. The third-order valence-corrected chi connectivity index (χ3v) is 1.78. The summed E-state index contributed by atoms with van der Waals surface area (Å²) < 4.78 is 4.70. The van der Waals surface area contributed by atoms with Crippen LogP contribution in [0.1, 0.15) is 18.1 Å². The fraction of sp³-hybridized carbons (Fsp3) is 0.300. The van der Waals surface area contributed by atoms with Gasteiger partial charge in [-0.05, 0) is 6.92 Å². The molecule has 0 bridgehead atoms. The molecule has 5 heteroatoms. The van der Waals surface area contributed by atoms with Gasteiger partial charge in [-0.3, -0.25) is 9.59 Å². The monoisotopic (exact) mass is 206 g/mol. The molecule has 0 radical (unpaired) electrons. The fourth-order valence-corrected chi connectivity index (χ4v) is 1.11. The Balaban J connectivity index is 2.93. The van der Waals surface area contributed by atoms with E-state index in [0.717, 1.165) is 0 Å². The van der Waals surface area contributed by atoms with Crippen LogP contribution >= 0.6 is 0 Å². The van der Waals surface area contributed by atoms with Gasteiger partial charge in [0.15, 0.2) is 0 Å². The van der Waals surface area contributed by atoms with Gasteiger partial charge in [0, 0.05) is 18.0 Å². The maximum absolute atomic E-state index is 11.5. The number of carbonyl (C=O) groups is 1. The molecule has 1 rings (SSSR count). The number of aromatic amines is 1. The van der Waals surface area contributed by atoms with E-state index in [4.69, 9.17) is 10.00 Å². The summed E-state index contributed by atoms with van der Waals surface area (Å²) in [6.45, 7) is 1.96. The summed E-state index contributed by atoms with van der Waals surface area (Å²) in [6, 6.07) is 1.75. The summed E-state index contributed by atoms with van der Waals surface area (Å²) in [7, 11) is 0. The fourth-order valence-electron chi connectivity index (χ4n) is 1.11. The molecule has 0 aliphatic rings. The molecule has 5 nitrogen and oxygen atoms in total. The highest BCUT2D eigenvalue weighted by molar-refractivity contribution is 5.72. The lowest BCUT2D eigenvalue weighted by Gasteiger charge is -2.01. The Morgan fingerprint density at radius 3 is 2.93 bits per heavy atom. The summed E-state index contributed by atoms with van der Waals surface area (Å²) in [5, 5.41) is 8.59. The summed E-state index contributed by atoms with van der Waals surface area (Å²) in [6.07, 6.45) is 2.59.